The summed E-state index contributed by atoms with van der Waals surface area (Å²) in [4.78, 5) is 4.26. The Morgan fingerprint density at radius 2 is 2.00 bits per heavy atom. The fourth-order valence-corrected chi connectivity index (χ4v) is 3.57. The van der Waals surface area contributed by atoms with Crippen LogP contribution in [0.15, 0.2) is 23.4 Å². The SMILES string of the molecule is CC1CC=C(n2c(S)nc3c(Cl)cc(C(F)(F)F)cc32)C1(C)C. The molecule has 7 heteroatoms. The second-order valence-corrected chi connectivity index (χ2v) is 7.33. The summed E-state index contributed by atoms with van der Waals surface area (Å²) in [5, 5.41) is 0.322. The van der Waals surface area contributed by atoms with Crippen molar-refractivity contribution in [3.8, 4) is 0 Å². The third-order valence-corrected chi connectivity index (χ3v) is 5.41. The third kappa shape index (κ3) is 2.56. The standard InChI is InChI=1S/C16H16ClF3N2S/c1-8-4-5-12(15(8,2)3)22-11-7-9(16(18,19)20)6-10(17)13(11)21-14(22)23/h5-8H,4H2,1-3H3,(H,21,23). The molecule has 0 fully saturated rings. The lowest BCUT2D eigenvalue weighted by molar-refractivity contribution is -0.137. The van der Waals surface area contributed by atoms with Gasteiger partial charge in [0.25, 0.3) is 0 Å². The molecule has 3 rings (SSSR count). The molecule has 23 heavy (non-hydrogen) atoms. The highest BCUT2D eigenvalue weighted by Crippen LogP contribution is 2.48. The van der Waals surface area contributed by atoms with Crippen molar-refractivity contribution in [3.63, 3.8) is 0 Å². The number of halogens is 4. The topological polar surface area (TPSA) is 17.8 Å². The first-order chi connectivity index (χ1) is 10.5. The van der Waals surface area contributed by atoms with E-state index in [2.05, 4.69) is 38.4 Å². The van der Waals surface area contributed by atoms with Crippen LogP contribution < -0.4 is 0 Å². The molecular formula is C16H16ClF3N2S. The van der Waals surface area contributed by atoms with Crippen molar-refractivity contribution in [3.05, 3.63) is 28.8 Å². The lowest BCUT2D eigenvalue weighted by atomic mass is 9.81. The molecule has 2 nitrogen and oxygen atoms in total. The summed E-state index contributed by atoms with van der Waals surface area (Å²) in [6.07, 6.45) is -1.56. The van der Waals surface area contributed by atoms with Crippen molar-refractivity contribution in [1.82, 2.24) is 9.55 Å². The number of nitrogens with zero attached hydrogens (tertiary/aromatic N) is 2. The molecule has 1 atom stereocenters. The molecule has 0 N–H and O–H groups in total. The van der Waals surface area contributed by atoms with E-state index in [0.29, 0.717) is 22.1 Å². The summed E-state index contributed by atoms with van der Waals surface area (Å²) in [6, 6.07) is 2.00. The number of fused-ring (bicyclic) bond motifs is 1. The molecule has 2 aromatic rings. The second kappa shape index (κ2) is 5.18. The zero-order chi connectivity index (χ0) is 17.2. The van der Waals surface area contributed by atoms with E-state index in [1.165, 1.54) is 0 Å². The molecule has 1 heterocycles. The maximum Gasteiger partial charge on any atom is 0.416 e. The molecule has 0 saturated heterocycles. The van der Waals surface area contributed by atoms with Crippen LogP contribution in [0.1, 0.15) is 32.8 Å². The van der Waals surface area contributed by atoms with Crippen LogP contribution in [0.2, 0.25) is 5.02 Å². The normalized spacial score (nSPS) is 21.0. The van der Waals surface area contributed by atoms with Crippen LogP contribution >= 0.6 is 24.2 Å². The number of thiol groups is 1. The van der Waals surface area contributed by atoms with E-state index in [1.807, 2.05) is 6.08 Å². The van der Waals surface area contributed by atoms with Gasteiger partial charge in [-0.2, -0.15) is 13.2 Å². The Labute approximate surface area is 142 Å². The van der Waals surface area contributed by atoms with Gasteiger partial charge < -0.3 is 0 Å². The van der Waals surface area contributed by atoms with E-state index in [0.717, 1.165) is 24.3 Å². The average Bonchev–Trinajstić information content (AvgIpc) is 2.87. The largest absolute Gasteiger partial charge is 0.416 e. The Bertz CT molecular complexity index is 821. The van der Waals surface area contributed by atoms with E-state index in [1.54, 1.807) is 4.57 Å². The second-order valence-electron chi connectivity index (χ2n) is 6.52. The fraction of sp³-hybridized carbons (Fsp3) is 0.438. The number of imidazole rings is 1. The molecule has 0 bridgehead atoms. The minimum Gasteiger partial charge on any atom is -0.291 e. The summed E-state index contributed by atoms with van der Waals surface area (Å²) >= 11 is 10.4. The molecule has 0 amide bonds. The first-order valence-corrected chi connectivity index (χ1v) is 8.05. The summed E-state index contributed by atoms with van der Waals surface area (Å²) in [5.74, 6) is 0.379. The first-order valence-electron chi connectivity index (χ1n) is 7.22. The van der Waals surface area contributed by atoms with Gasteiger partial charge in [0.05, 0.1) is 16.1 Å². The van der Waals surface area contributed by atoms with Gasteiger partial charge in [-0.3, -0.25) is 4.57 Å². The number of benzene rings is 1. The van der Waals surface area contributed by atoms with Crippen LogP contribution in [-0.2, 0) is 6.18 Å². The average molecular weight is 361 g/mol. The highest BCUT2D eigenvalue weighted by atomic mass is 35.5. The van der Waals surface area contributed by atoms with Crippen LogP contribution in [0.25, 0.3) is 16.7 Å². The zero-order valence-corrected chi connectivity index (χ0v) is 14.5. The van der Waals surface area contributed by atoms with Crippen molar-refractivity contribution in [1.29, 1.82) is 0 Å². The van der Waals surface area contributed by atoms with Crippen molar-refractivity contribution in [2.45, 2.75) is 38.5 Å². The lowest BCUT2D eigenvalue weighted by Gasteiger charge is -2.29. The van der Waals surface area contributed by atoms with Gasteiger partial charge in [-0.05, 0) is 24.5 Å². The molecule has 0 spiro atoms. The number of hydrogen-bond acceptors (Lipinski definition) is 2. The maximum absolute atomic E-state index is 13.1. The summed E-state index contributed by atoms with van der Waals surface area (Å²) in [5.41, 5.74) is 0.609. The molecule has 124 valence electrons. The van der Waals surface area contributed by atoms with Gasteiger partial charge in [-0.1, -0.05) is 38.4 Å². The highest BCUT2D eigenvalue weighted by Gasteiger charge is 2.38. The smallest absolute Gasteiger partial charge is 0.291 e. The van der Waals surface area contributed by atoms with Gasteiger partial charge in [0.15, 0.2) is 5.16 Å². The maximum atomic E-state index is 13.1. The van der Waals surface area contributed by atoms with Crippen LogP contribution in [0.5, 0.6) is 0 Å². The number of hydrogen-bond donors (Lipinski definition) is 1. The van der Waals surface area contributed by atoms with E-state index in [-0.39, 0.29) is 10.4 Å². The molecule has 1 aliphatic carbocycles. The molecular weight excluding hydrogens is 345 g/mol. The summed E-state index contributed by atoms with van der Waals surface area (Å²) in [6.45, 7) is 6.27. The molecule has 1 unspecified atom stereocenters. The van der Waals surface area contributed by atoms with Crippen molar-refractivity contribution < 1.29 is 13.2 Å². The first kappa shape index (κ1) is 16.7. The monoisotopic (exact) mass is 360 g/mol. The minimum atomic E-state index is -4.46. The van der Waals surface area contributed by atoms with Crippen LogP contribution in [0.3, 0.4) is 0 Å². The molecule has 1 aromatic heterocycles. The lowest BCUT2D eigenvalue weighted by Crippen LogP contribution is -2.21. The highest BCUT2D eigenvalue weighted by molar-refractivity contribution is 7.80. The quantitative estimate of drug-likeness (QED) is 0.626. The van der Waals surface area contributed by atoms with E-state index < -0.39 is 11.7 Å². The van der Waals surface area contributed by atoms with E-state index in [9.17, 15) is 13.2 Å². The fourth-order valence-electron chi connectivity index (χ4n) is 3.00. The van der Waals surface area contributed by atoms with Gasteiger partial charge in [0.1, 0.15) is 5.52 Å². The predicted molar refractivity (Wildman–Crippen MR) is 88.8 cm³/mol. The number of rotatable bonds is 1. The Morgan fingerprint density at radius 1 is 1.35 bits per heavy atom. The number of allylic oxidation sites excluding steroid dienone is 2. The summed E-state index contributed by atoms with van der Waals surface area (Å²) < 4.78 is 41.0. The van der Waals surface area contributed by atoms with Gasteiger partial charge in [0.2, 0.25) is 0 Å². The molecule has 0 radical (unpaired) electrons. The minimum absolute atomic E-state index is 0.0201. The van der Waals surface area contributed by atoms with Gasteiger partial charge in [-0.25, -0.2) is 4.98 Å². The molecule has 0 aliphatic heterocycles. The predicted octanol–water partition coefficient (Wildman–Crippen LogP) is 5.90. The Morgan fingerprint density at radius 3 is 2.52 bits per heavy atom. The van der Waals surface area contributed by atoms with Crippen LogP contribution in [0.4, 0.5) is 13.2 Å². The third-order valence-electron chi connectivity index (χ3n) is 4.82. The van der Waals surface area contributed by atoms with Crippen molar-refractivity contribution in [2.75, 3.05) is 0 Å². The molecule has 0 saturated carbocycles. The Hall–Kier alpha value is -1.14. The zero-order valence-electron chi connectivity index (χ0n) is 12.9. The van der Waals surface area contributed by atoms with Crippen LogP contribution in [0, 0.1) is 11.3 Å². The van der Waals surface area contributed by atoms with Gasteiger partial charge in [0, 0.05) is 11.1 Å². The van der Waals surface area contributed by atoms with Crippen molar-refractivity contribution >= 4 is 41.0 Å². The van der Waals surface area contributed by atoms with E-state index >= 15 is 0 Å². The Kier molecular flexibility index (Phi) is 3.76. The summed E-state index contributed by atoms with van der Waals surface area (Å²) in [7, 11) is 0. The van der Waals surface area contributed by atoms with Crippen LogP contribution in [-0.4, -0.2) is 9.55 Å². The van der Waals surface area contributed by atoms with Crippen molar-refractivity contribution in [2.24, 2.45) is 11.3 Å². The van der Waals surface area contributed by atoms with Gasteiger partial charge >= 0.3 is 6.18 Å². The number of aromatic nitrogens is 2. The van der Waals surface area contributed by atoms with Gasteiger partial charge in [-0.15, -0.1) is 12.6 Å². The molecule has 1 aromatic carbocycles. The number of alkyl halides is 3. The molecule has 1 aliphatic rings. The van der Waals surface area contributed by atoms with E-state index in [4.69, 9.17) is 11.6 Å². The Balaban J connectivity index is 2.30.